The maximum Gasteiger partial charge on any atom is 0.0622 e. The summed E-state index contributed by atoms with van der Waals surface area (Å²) in [6.07, 6.45) is 22.5. The Morgan fingerprint density at radius 2 is 0.556 bits per heavy atom. The van der Waals surface area contributed by atoms with Gasteiger partial charge in [0.15, 0.2) is 0 Å². The molecule has 260 valence electrons. The van der Waals surface area contributed by atoms with E-state index in [4.69, 9.17) is 0 Å². The van der Waals surface area contributed by atoms with Crippen molar-refractivity contribution in [2.24, 2.45) is 23.7 Å². The molecule has 0 amide bonds. The Bertz CT molecular complexity index is 816. The van der Waals surface area contributed by atoms with Gasteiger partial charge in [-0.1, -0.05) is 46.6 Å². The number of hydrogen-bond donors (Lipinski definition) is 4. The van der Waals surface area contributed by atoms with Gasteiger partial charge < -0.3 is 20.4 Å². The largest absolute Gasteiger partial charge is 0.390 e. The summed E-state index contributed by atoms with van der Waals surface area (Å²) in [4.78, 5) is 0. The van der Waals surface area contributed by atoms with E-state index >= 15 is 0 Å². The van der Waals surface area contributed by atoms with E-state index in [9.17, 15) is 20.4 Å². The molecule has 0 aliphatic heterocycles. The topological polar surface area (TPSA) is 80.9 Å². The average Bonchev–Trinajstić information content (AvgIpc) is 2.89. The van der Waals surface area contributed by atoms with Gasteiger partial charge in [-0.05, 0) is 184 Å². The fraction of sp³-hybridized carbons (Fsp3) is 0.800. The molecule has 0 aromatic heterocycles. The second kappa shape index (κ2) is 19.5. The van der Waals surface area contributed by atoms with Crippen LogP contribution in [0.2, 0.25) is 0 Å². The molecule has 45 heavy (non-hydrogen) atoms. The van der Waals surface area contributed by atoms with Gasteiger partial charge in [-0.2, -0.15) is 0 Å². The van der Waals surface area contributed by atoms with E-state index < -0.39 is 22.4 Å². The molecule has 4 aliphatic rings. The molecule has 0 heterocycles. The Labute approximate surface area is 293 Å². The molecular weight excluding hydrogens is 592 g/mol. The standard InChI is InChI=1S/4C10H18O.Ti/c4*1-8-4-6-9(7-5-8)10(2,3)11;/h4*4,9,11H,5-7H2,1-3H3;. The summed E-state index contributed by atoms with van der Waals surface area (Å²) in [7, 11) is 0. The van der Waals surface area contributed by atoms with Crippen molar-refractivity contribution in [3.8, 4) is 0 Å². The van der Waals surface area contributed by atoms with E-state index in [2.05, 4.69) is 52.0 Å². The van der Waals surface area contributed by atoms with Crippen molar-refractivity contribution in [2.45, 2.75) is 183 Å². The summed E-state index contributed by atoms with van der Waals surface area (Å²) in [5, 5.41) is 38.8. The first-order chi connectivity index (χ1) is 20.0. The van der Waals surface area contributed by atoms with E-state index in [-0.39, 0.29) is 21.7 Å². The summed E-state index contributed by atoms with van der Waals surface area (Å²) in [5.41, 5.74) is 3.95. The Balaban J connectivity index is 0.000000569. The van der Waals surface area contributed by atoms with Crippen molar-refractivity contribution < 1.29 is 42.1 Å². The van der Waals surface area contributed by atoms with Crippen LogP contribution in [0.15, 0.2) is 46.6 Å². The number of hydrogen-bond acceptors (Lipinski definition) is 4. The summed E-state index contributed by atoms with van der Waals surface area (Å²) < 4.78 is 0. The van der Waals surface area contributed by atoms with E-state index in [0.29, 0.717) is 23.7 Å². The third-order valence-electron chi connectivity index (χ3n) is 10.5. The van der Waals surface area contributed by atoms with Crippen LogP contribution in [-0.4, -0.2) is 42.8 Å². The predicted molar refractivity (Wildman–Crippen MR) is 190 cm³/mol. The van der Waals surface area contributed by atoms with Crippen LogP contribution in [0.3, 0.4) is 0 Å². The van der Waals surface area contributed by atoms with E-state index in [1.54, 1.807) is 0 Å². The van der Waals surface area contributed by atoms with Crippen molar-refractivity contribution in [3.05, 3.63) is 46.6 Å². The van der Waals surface area contributed by atoms with Gasteiger partial charge in [0.05, 0.1) is 22.4 Å². The fourth-order valence-corrected chi connectivity index (χ4v) is 6.43. The minimum atomic E-state index is -0.489. The summed E-state index contributed by atoms with van der Waals surface area (Å²) in [6.45, 7) is 23.9. The second-order valence-corrected chi connectivity index (χ2v) is 16.7. The minimum Gasteiger partial charge on any atom is -0.390 e. The van der Waals surface area contributed by atoms with Crippen LogP contribution in [0.4, 0.5) is 0 Å². The molecule has 0 bridgehead atoms. The molecule has 4 unspecified atom stereocenters. The molecule has 4 N–H and O–H groups in total. The van der Waals surface area contributed by atoms with Crippen molar-refractivity contribution in [1.82, 2.24) is 0 Å². The van der Waals surface area contributed by atoms with Crippen LogP contribution >= 0.6 is 0 Å². The van der Waals surface area contributed by atoms with Crippen LogP contribution in [0.25, 0.3) is 0 Å². The molecule has 0 fully saturated rings. The SMILES string of the molecule is CC1=CCC(C(C)(C)O)CC1.CC1=CCC(C(C)(C)O)CC1.CC1=CCC(C(C)(C)O)CC1.CC1=CCC(C(C)(C)O)CC1.[Ti]. The maximum absolute atomic E-state index is 9.70. The van der Waals surface area contributed by atoms with Crippen molar-refractivity contribution in [3.63, 3.8) is 0 Å². The van der Waals surface area contributed by atoms with E-state index in [1.165, 1.54) is 22.3 Å². The molecule has 0 saturated carbocycles. The van der Waals surface area contributed by atoms with E-state index in [1.807, 2.05) is 55.4 Å². The average molecular weight is 665 g/mol. The Morgan fingerprint density at radius 1 is 0.400 bits per heavy atom. The number of aliphatic hydroxyl groups is 4. The first-order valence-electron chi connectivity index (χ1n) is 17.5. The third-order valence-corrected chi connectivity index (χ3v) is 10.5. The van der Waals surface area contributed by atoms with Gasteiger partial charge in [-0.15, -0.1) is 0 Å². The van der Waals surface area contributed by atoms with Crippen LogP contribution in [0, 0.1) is 23.7 Å². The number of allylic oxidation sites excluding steroid dienone is 8. The molecule has 4 aliphatic carbocycles. The zero-order valence-electron chi connectivity index (χ0n) is 31.4. The molecule has 0 spiro atoms. The van der Waals surface area contributed by atoms with Crippen LogP contribution in [0.1, 0.15) is 160 Å². The monoisotopic (exact) mass is 664 g/mol. The molecule has 4 nitrogen and oxygen atoms in total. The van der Waals surface area contributed by atoms with Crippen molar-refractivity contribution >= 4 is 0 Å². The van der Waals surface area contributed by atoms with Crippen LogP contribution < -0.4 is 0 Å². The first-order valence-corrected chi connectivity index (χ1v) is 17.5. The smallest absolute Gasteiger partial charge is 0.0622 e. The molecule has 0 saturated heterocycles. The van der Waals surface area contributed by atoms with Gasteiger partial charge in [0.25, 0.3) is 0 Å². The summed E-state index contributed by atoms with van der Waals surface area (Å²) >= 11 is 0. The van der Waals surface area contributed by atoms with E-state index in [0.717, 1.165) is 77.0 Å². The predicted octanol–water partition coefficient (Wildman–Crippen LogP) is 10.0. The molecule has 5 heteroatoms. The van der Waals surface area contributed by atoms with Crippen molar-refractivity contribution in [1.29, 1.82) is 0 Å². The number of rotatable bonds is 4. The molecule has 0 radical (unpaired) electrons. The third kappa shape index (κ3) is 18.6. The van der Waals surface area contributed by atoms with Gasteiger partial charge >= 0.3 is 0 Å². The van der Waals surface area contributed by atoms with Gasteiger partial charge in [-0.3, -0.25) is 0 Å². The van der Waals surface area contributed by atoms with Gasteiger partial charge in [0, 0.05) is 21.7 Å². The normalized spacial score (nSPS) is 26.0. The van der Waals surface area contributed by atoms with Gasteiger partial charge in [-0.25, -0.2) is 0 Å². The quantitative estimate of drug-likeness (QED) is 0.178. The summed E-state index contributed by atoms with van der Waals surface area (Å²) in [6, 6.07) is 0. The second-order valence-electron chi connectivity index (χ2n) is 16.7. The Morgan fingerprint density at radius 3 is 0.644 bits per heavy atom. The molecule has 4 rings (SSSR count). The molecule has 0 aromatic rings. The zero-order chi connectivity index (χ0) is 33.9. The van der Waals surface area contributed by atoms with Crippen LogP contribution in [0.5, 0.6) is 0 Å². The molecule has 4 atom stereocenters. The van der Waals surface area contributed by atoms with Crippen molar-refractivity contribution in [2.75, 3.05) is 0 Å². The van der Waals surface area contributed by atoms with Gasteiger partial charge in [0.2, 0.25) is 0 Å². The zero-order valence-corrected chi connectivity index (χ0v) is 33.0. The van der Waals surface area contributed by atoms with Crippen LogP contribution in [-0.2, 0) is 21.7 Å². The Kier molecular flexibility index (Phi) is 19.3. The maximum atomic E-state index is 9.70. The Hall–Kier alpha value is -0.486. The fourth-order valence-electron chi connectivity index (χ4n) is 6.43. The van der Waals surface area contributed by atoms with Gasteiger partial charge in [0.1, 0.15) is 0 Å². The molecule has 0 aromatic carbocycles. The summed E-state index contributed by atoms with van der Waals surface area (Å²) in [5.74, 6) is 1.86. The minimum absolute atomic E-state index is 0. The first kappa shape index (κ1) is 44.5. The molecular formula is C40H72O4Ti.